The normalized spacial score (nSPS) is 11.3. The Hall–Kier alpha value is -2.31. The van der Waals surface area contributed by atoms with Gasteiger partial charge in [0.2, 0.25) is 5.91 Å². The lowest BCUT2D eigenvalue weighted by atomic mass is 10.2. The molecule has 1 amide bonds. The first-order chi connectivity index (χ1) is 12.0. The van der Waals surface area contributed by atoms with Gasteiger partial charge in [0.15, 0.2) is 10.1 Å². The highest BCUT2D eigenvalue weighted by Crippen LogP contribution is 2.22. The van der Waals surface area contributed by atoms with Crippen molar-refractivity contribution in [3.05, 3.63) is 58.3 Å². The molecule has 0 unspecified atom stereocenters. The Morgan fingerprint density at radius 2 is 2.32 bits per heavy atom. The number of halogens is 1. The number of fused-ring (bicyclic) bond motifs is 1. The molecule has 5 nitrogen and oxygen atoms in total. The minimum absolute atomic E-state index is 0.117. The van der Waals surface area contributed by atoms with Crippen molar-refractivity contribution in [3.63, 3.8) is 0 Å². The SMILES string of the molecule is Cc1cccc(OCCN(C)C(=O)/C=C/c2c(Cl)nc3sccn23)c1. The summed E-state index contributed by atoms with van der Waals surface area (Å²) in [6, 6.07) is 7.83. The standard InChI is InChI=1S/C18H18ClN3O2S/c1-13-4-3-5-14(12-13)24-10-8-21(2)16(23)7-6-15-17(19)20-18-22(15)9-11-25-18/h3-7,9,11-12H,8,10H2,1-2H3/b7-6+. The summed E-state index contributed by atoms with van der Waals surface area (Å²) in [7, 11) is 1.74. The van der Waals surface area contributed by atoms with E-state index in [0.717, 1.165) is 16.3 Å². The van der Waals surface area contributed by atoms with E-state index in [-0.39, 0.29) is 5.91 Å². The topological polar surface area (TPSA) is 46.8 Å². The van der Waals surface area contributed by atoms with Crippen molar-refractivity contribution in [1.29, 1.82) is 0 Å². The van der Waals surface area contributed by atoms with Gasteiger partial charge >= 0.3 is 0 Å². The van der Waals surface area contributed by atoms with Crippen molar-refractivity contribution >= 4 is 39.9 Å². The Morgan fingerprint density at radius 1 is 1.48 bits per heavy atom. The number of thiazole rings is 1. The second-order valence-electron chi connectivity index (χ2n) is 5.60. The van der Waals surface area contributed by atoms with Gasteiger partial charge in [0, 0.05) is 24.7 Å². The average molecular weight is 376 g/mol. The molecule has 0 saturated heterocycles. The van der Waals surface area contributed by atoms with E-state index >= 15 is 0 Å². The molecule has 0 aliphatic rings. The van der Waals surface area contributed by atoms with E-state index in [0.29, 0.717) is 24.0 Å². The Bertz CT molecular complexity index is 916. The molecule has 0 aliphatic carbocycles. The second kappa shape index (κ2) is 7.72. The molecular formula is C18H18ClN3O2S. The van der Waals surface area contributed by atoms with Crippen LogP contribution in [0.15, 0.2) is 41.9 Å². The highest BCUT2D eigenvalue weighted by Gasteiger charge is 2.10. The quantitative estimate of drug-likeness (QED) is 0.614. The third kappa shape index (κ3) is 4.21. The molecule has 130 valence electrons. The highest BCUT2D eigenvalue weighted by atomic mass is 35.5. The summed E-state index contributed by atoms with van der Waals surface area (Å²) < 4.78 is 7.53. The molecule has 2 heterocycles. The van der Waals surface area contributed by atoms with E-state index < -0.39 is 0 Å². The fraction of sp³-hybridized carbons (Fsp3) is 0.222. The van der Waals surface area contributed by atoms with Crippen molar-refractivity contribution in [2.45, 2.75) is 6.92 Å². The monoisotopic (exact) mass is 375 g/mol. The zero-order valence-electron chi connectivity index (χ0n) is 14.0. The molecular weight excluding hydrogens is 358 g/mol. The largest absolute Gasteiger partial charge is 0.492 e. The predicted octanol–water partition coefficient (Wildman–Crippen LogP) is 3.91. The summed E-state index contributed by atoms with van der Waals surface area (Å²) in [5.41, 5.74) is 1.85. The minimum Gasteiger partial charge on any atom is -0.492 e. The van der Waals surface area contributed by atoms with Crippen LogP contribution in [0.2, 0.25) is 5.15 Å². The number of imidazole rings is 1. The van der Waals surface area contributed by atoms with Gasteiger partial charge in [-0.3, -0.25) is 9.20 Å². The number of carbonyl (C=O) groups is 1. The van der Waals surface area contributed by atoms with Gasteiger partial charge < -0.3 is 9.64 Å². The van der Waals surface area contributed by atoms with E-state index in [9.17, 15) is 4.79 Å². The molecule has 0 aliphatic heterocycles. The lowest BCUT2D eigenvalue weighted by molar-refractivity contribution is -0.125. The molecule has 3 rings (SSSR count). The summed E-state index contributed by atoms with van der Waals surface area (Å²) in [4.78, 5) is 18.9. The second-order valence-corrected chi connectivity index (χ2v) is 6.83. The van der Waals surface area contributed by atoms with Crippen LogP contribution in [-0.2, 0) is 4.79 Å². The zero-order chi connectivity index (χ0) is 17.8. The van der Waals surface area contributed by atoms with Crippen molar-refractivity contribution in [2.24, 2.45) is 0 Å². The Morgan fingerprint density at radius 3 is 3.12 bits per heavy atom. The number of hydrogen-bond acceptors (Lipinski definition) is 4. The molecule has 0 bridgehead atoms. The molecule has 0 fully saturated rings. The minimum atomic E-state index is -0.117. The first-order valence-electron chi connectivity index (χ1n) is 7.78. The number of amides is 1. The average Bonchev–Trinajstić information content (AvgIpc) is 3.13. The number of aryl methyl sites for hydroxylation is 1. The lowest BCUT2D eigenvalue weighted by Gasteiger charge is -2.15. The summed E-state index contributed by atoms with van der Waals surface area (Å²) in [5.74, 6) is 0.691. The number of likely N-dealkylation sites (N-methyl/N-ethyl adjacent to an activating group) is 1. The van der Waals surface area contributed by atoms with E-state index in [1.165, 1.54) is 17.4 Å². The first-order valence-corrected chi connectivity index (χ1v) is 9.04. The van der Waals surface area contributed by atoms with Crippen LogP contribution >= 0.6 is 22.9 Å². The Balaban J connectivity index is 1.55. The first kappa shape index (κ1) is 17.5. The van der Waals surface area contributed by atoms with Crippen LogP contribution < -0.4 is 4.74 Å². The maximum absolute atomic E-state index is 12.2. The molecule has 0 atom stereocenters. The highest BCUT2D eigenvalue weighted by molar-refractivity contribution is 7.15. The van der Waals surface area contributed by atoms with Crippen LogP contribution in [0.5, 0.6) is 5.75 Å². The van der Waals surface area contributed by atoms with Gasteiger partial charge in [0.25, 0.3) is 0 Å². The number of ether oxygens (including phenoxy) is 1. The molecule has 7 heteroatoms. The van der Waals surface area contributed by atoms with Crippen LogP contribution in [0.25, 0.3) is 11.0 Å². The summed E-state index contributed by atoms with van der Waals surface area (Å²) in [6.07, 6.45) is 5.07. The van der Waals surface area contributed by atoms with Crippen molar-refractivity contribution < 1.29 is 9.53 Å². The number of nitrogens with zero attached hydrogens (tertiary/aromatic N) is 3. The third-order valence-electron chi connectivity index (χ3n) is 3.70. The number of benzene rings is 1. The Labute approximate surface area is 155 Å². The lowest BCUT2D eigenvalue weighted by Crippen LogP contribution is -2.29. The molecule has 0 N–H and O–H groups in total. The summed E-state index contributed by atoms with van der Waals surface area (Å²) >= 11 is 7.61. The maximum Gasteiger partial charge on any atom is 0.246 e. The number of hydrogen-bond donors (Lipinski definition) is 0. The van der Waals surface area contributed by atoms with Gasteiger partial charge in [-0.15, -0.1) is 11.3 Å². The van der Waals surface area contributed by atoms with Crippen LogP contribution in [0.4, 0.5) is 0 Å². The van der Waals surface area contributed by atoms with E-state index in [1.807, 2.05) is 47.2 Å². The number of aromatic nitrogens is 2. The van der Waals surface area contributed by atoms with Gasteiger partial charge in [-0.2, -0.15) is 0 Å². The van der Waals surface area contributed by atoms with E-state index in [4.69, 9.17) is 16.3 Å². The molecule has 2 aromatic heterocycles. The molecule has 1 aromatic carbocycles. The molecule has 0 saturated carbocycles. The molecule has 0 radical (unpaired) electrons. The van der Waals surface area contributed by atoms with Gasteiger partial charge in [-0.1, -0.05) is 23.7 Å². The van der Waals surface area contributed by atoms with Crippen LogP contribution in [0.3, 0.4) is 0 Å². The number of rotatable bonds is 6. The van der Waals surface area contributed by atoms with Crippen LogP contribution in [0, 0.1) is 6.92 Å². The third-order valence-corrected chi connectivity index (χ3v) is 4.73. The predicted molar refractivity (Wildman–Crippen MR) is 101 cm³/mol. The van der Waals surface area contributed by atoms with Crippen molar-refractivity contribution in [2.75, 3.05) is 20.2 Å². The Kier molecular flexibility index (Phi) is 5.40. The van der Waals surface area contributed by atoms with E-state index in [1.54, 1.807) is 18.0 Å². The number of carbonyl (C=O) groups excluding carboxylic acids is 1. The van der Waals surface area contributed by atoms with Crippen LogP contribution in [-0.4, -0.2) is 40.4 Å². The van der Waals surface area contributed by atoms with Crippen molar-refractivity contribution in [1.82, 2.24) is 14.3 Å². The van der Waals surface area contributed by atoms with Gasteiger partial charge in [0.05, 0.1) is 12.2 Å². The fourth-order valence-corrected chi connectivity index (χ4v) is 3.32. The summed E-state index contributed by atoms with van der Waals surface area (Å²) in [5, 5.41) is 2.31. The van der Waals surface area contributed by atoms with Crippen LogP contribution in [0.1, 0.15) is 11.3 Å². The van der Waals surface area contributed by atoms with Gasteiger partial charge in [-0.25, -0.2) is 4.98 Å². The summed E-state index contributed by atoms with van der Waals surface area (Å²) in [6.45, 7) is 2.94. The molecule has 3 aromatic rings. The fourth-order valence-electron chi connectivity index (χ4n) is 2.32. The van der Waals surface area contributed by atoms with E-state index in [2.05, 4.69) is 4.98 Å². The molecule has 0 spiro atoms. The van der Waals surface area contributed by atoms with Crippen molar-refractivity contribution in [3.8, 4) is 5.75 Å². The van der Waals surface area contributed by atoms with Gasteiger partial charge in [-0.05, 0) is 30.7 Å². The molecule has 25 heavy (non-hydrogen) atoms. The smallest absolute Gasteiger partial charge is 0.246 e. The van der Waals surface area contributed by atoms with Gasteiger partial charge in [0.1, 0.15) is 12.4 Å². The maximum atomic E-state index is 12.2. The zero-order valence-corrected chi connectivity index (χ0v) is 15.5.